The van der Waals surface area contributed by atoms with Crippen LogP contribution in [0.3, 0.4) is 0 Å². The van der Waals surface area contributed by atoms with Gasteiger partial charge in [-0.15, -0.1) is 0 Å². The molecule has 0 aromatic heterocycles. The molecule has 0 aliphatic heterocycles. The van der Waals surface area contributed by atoms with Crippen LogP contribution in [0.2, 0.25) is 0 Å². The monoisotopic (exact) mass is 212 g/mol. The second-order valence-electron chi connectivity index (χ2n) is 6.03. The van der Waals surface area contributed by atoms with Gasteiger partial charge in [0.05, 0.1) is 0 Å². The highest BCUT2D eigenvalue weighted by Gasteiger charge is 2.41. The molecule has 0 nitrogen and oxygen atoms in total. The van der Waals surface area contributed by atoms with E-state index in [2.05, 4.69) is 12.2 Å². The van der Waals surface area contributed by atoms with E-state index in [1.165, 1.54) is 51.4 Å². The fraction of sp³-hybridized carbons (Fsp3) is 0.625. The summed E-state index contributed by atoms with van der Waals surface area (Å²) < 4.78 is 0. The van der Waals surface area contributed by atoms with Crippen molar-refractivity contribution in [1.29, 1.82) is 0 Å². The maximum absolute atomic E-state index is 2.56. The lowest BCUT2D eigenvalue weighted by Gasteiger charge is -2.15. The smallest absolute Gasteiger partial charge is 0.0153 e. The number of hydrogen-bond acceptors (Lipinski definition) is 0. The van der Waals surface area contributed by atoms with Crippen LogP contribution in [0.5, 0.6) is 0 Å². The number of allylic oxidation sites excluding steroid dienone is 6. The lowest BCUT2D eigenvalue weighted by Crippen LogP contribution is -1.99. The molecule has 0 amide bonds. The molecular weight excluding hydrogens is 192 g/mol. The minimum Gasteiger partial charge on any atom is -0.0629 e. The Morgan fingerprint density at radius 1 is 0.812 bits per heavy atom. The van der Waals surface area contributed by atoms with Gasteiger partial charge in [0.1, 0.15) is 0 Å². The van der Waals surface area contributed by atoms with E-state index >= 15 is 0 Å². The Bertz CT molecular complexity index is 383. The third-order valence-electron chi connectivity index (χ3n) is 5.13. The van der Waals surface area contributed by atoms with Crippen LogP contribution in [0.15, 0.2) is 34.4 Å². The molecule has 0 unspecified atom stereocenters. The predicted molar refractivity (Wildman–Crippen MR) is 67.1 cm³/mol. The van der Waals surface area contributed by atoms with Crippen molar-refractivity contribution in [3.8, 4) is 0 Å². The average Bonchev–Trinajstić information content (AvgIpc) is 3.02. The van der Waals surface area contributed by atoms with Crippen LogP contribution < -0.4 is 0 Å². The normalized spacial score (nSPS) is 36.5. The molecule has 2 bridgehead atoms. The lowest BCUT2D eigenvalue weighted by atomic mass is 9.91. The topological polar surface area (TPSA) is 0 Å². The van der Waals surface area contributed by atoms with Crippen molar-refractivity contribution in [2.24, 2.45) is 11.8 Å². The molecule has 0 heteroatoms. The van der Waals surface area contributed by atoms with E-state index in [0.717, 1.165) is 11.8 Å². The maximum Gasteiger partial charge on any atom is -0.0153 e. The van der Waals surface area contributed by atoms with Crippen LogP contribution in [-0.2, 0) is 0 Å². The highest BCUT2D eigenvalue weighted by atomic mass is 14.5. The zero-order chi connectivity index (χ0) is 10.5. The standard InChI is InChI=1S/C16H20/c1-2-4-11(5-3-1)14-9-15-12-6-7-13(8-12)16(15)10-14/h9-10,12-13H,1-8H2/t12-,13-/m0/s1. The fourth-order valence-corrected chi connectivity index (χ4v) is 4.27. The van der Waals surface area contributed by atoms with Gasteiger partial charge in [0.2, 0.25) is 0 Å². The van der Waals surface area contributed by atoms with E-state index in [1.807, 2.05) is 0 Å². The fourth-order valence-electron chi connectivity index (χ4n) is 4.27. The number of hydrogen-bond donors (Lipinski definition) is 0. The van der Waals surface area contributed by atoms with Crippen LogP contribution in [0.1, 0.15) is 51.4 Å². The molecule has 0 N–H and O–H groups in total. The summed E-state index contributed by atoms with van der Waals surface area (Å²) in [4.78, 5) is 0. The first-order valence-corrected chi connectivity index (χ1v) is 7.07. The van der Waals surface area contributed by atoms with E-state index < -0.39 is 0 Å². The van der Waals surface area contributed by atoms with Gasteiger partial charge in [0.15, 0.2) is 0 Å². The molecule has 84 valence electrons. The van der Waals surface area contributed by atoms with Crippen LogP contribution >= 0.6 is 0 Å². The zero-order valence-electron chi connectivity index (χ0n) is 9.97. The zero-order valence-corrected chi connectivity index (χ0v) is 9.97. The van der Waals surface area contributed by atoms with Gasteiger partial charge in [0, 0.05) is 0 Å². The minimum atomic E-state index is 0.943. The summed E-state index contributed by atoms with van der Waals surface area (Å²) in [6.07, 6.45) is 16.6. The van der Waals surface area contributed by atoms with Crippen molar-refractivity contribution in [1.82, 2.24) is 0 Å². The van der Waals surface area contributed by atoms with Gasteiger partial charge in [0.25, 0.3) is 0 Å². The largest absolute Gasteiger partial charge is 0.0629 e. The molecule has 0 radical (unpaired) electrons. The molecule has 0 spiro atoms. The molecular formula is C16H20. The van der Waals surface area contributed by atoms with Gasteiger partial charge < -0.3 is 0 Å². The van der Waals surface area contributed by atoms with E-state index in [9.17, 15) is 0 Å². The van der Waals surface area contributed by atoms with Crippen molar-refractivity contribution in [2.75, 3.05) is 0 Å². The highest BCUT2D eigenvalue weighted by Crippen LogP contribution is 2.54. The van der Waals surface area contributed by atoms with Crippen molar-refractivity contribution < 1.29 is 0 Å². The SMILES string of the molecule is C1=C2C(=CC1=C1CCCCC1)[C@H]1CC[C@H]2C1. The second-order valence-corrected chi connectivity index (χ2v) is 6.03. The van der Waals surface area contributed by atoms with E-state index in [4.69, 9.17) is 0 Å². The molecule has 0 heterocycles. The summed E-state index contributed by atoms with van der Waals surface area (Å²) >= 11 is 0. The first-order chi connectivity index (χ1) is 7.92. The highest BCUT2D eigenvalue weighted by molar-refractivity contribution is 5.59. The second kappa shape index (κ2) is 3.35. The summed E-state index contributed by atoms with van der Waals surface area (Å²) in [6.45, 7) is 0. The van der Waals surface area contributed by atoms with Crippen molar-refractivity contribution in [3.05, 3.63) is 34.4 Å². The van der Waals surface area contributed by atoms with Crippen LogP contribution in [0.4, 0.5) is 0 Å². The predicted octanol–water partition coefficient (Wildman–Crippen LogP) is 4.54. The molecule has 0 aromatic carbocycles. The Labute approximate surface area is 98.1 Å². The molecule has 4 aliphatic carbocycles. The molecule has 4 rings (SSSR count). The average molecular weight is 212 g/mol. The van der Waals surface area contributed by atoms with Gasteiger partial charge in [-0.3, -0.25) is 0 Å². The number of rotatable bonds is 0. The van der Waals surface area contributed by atoms with E-state index in [1.54, 1.807) is 22.3 Å². The van der Waals surface area contributed by atoms with Gasteiger partial charge >= 0.3 is 0 Å². The third-order valence-corrected chi connectivity index (χ3v) is 5.13. The summed E-state index contributed by atoms with van der Waals surface area (Å²) in [7, 11) is 0. The molecule has 3 saturated carbocycles. The van der Waals surface area contributed by atoms with Crippen molar-refractivity contribution in [3.63, 3.8) is 0 Å². The van der Waals surface area contributed by atoms with Crippen LogP contribution in [0, 0.1) is 11.8 Å². The Hall–Kier alpha value is -0.780. The lowest BCUT2D eigenvalue weighted by molar-refractivity contribution is 0.596. The van der Waals surface area contributed by atoms with Crippen molar-refractivity contribution in [2.45, 2.75) is 51.4 Å². The Balaban J connectivity index is 1.72. The quantitative estimate of drug-likeness (QED) is 0.553. The summed E-state index contributed by atoms with van der Waals surface area (Å²) in [5, 5.41) is 0. The summed E-state index contributed by atoms with van der Waals surface area (Å²) in [5.74, 6) is 1.89. The Morgan fingerprint density at radius 3 is 2.06 bits per heavy atom. The Morgan fingerprint density at radius 2 is 1.44 bits per heavy atom. The first kappa shape index (κ1) is 9.27. The third kappa shape index (κ3) is 1.22. The molecule has 0 aromatic rings. The van der Waals surface area contributed by atoms with Gasteiger partial charge in [-0.25, -0.2) is 0 Å². The molecule has 2 atom stereocenters. The molecule has 0 saturated heterocycles. The number of fused-ring (bicyclic) bond motifs is 5. The van der Waals surface area contributed by atoms with Gasteiger partial charge in [-0.05, 0) is 73.5 Å². The van der Waals surface area contributed by atoms with Crippen LogP contribution in [0.25, 0.3) is 0 Å². The van der Waals surface area contributed by atoms with Crippen LogP contribution in [-0.4, -0.2) is 0 Å². The summed E-state index contributed by atoms with van der Waals surface area (Å²) in [5.41, 5.74) is 6.87. The molecule has 3 fully saturated rings. The van der Waals surface area contributed by atoms with Gasteiger partial charge in [-0.1, -0.05) is 24.1 Å². The van der Waals surface area contributed by atoms with Crippen molar-refractivity contribution >= 4 is 0 Å². The first-order valence-electron chi connectivity index (χ1n) is 7.07. The van der Waals surface area contributed by atoms with E-state index in [-0.39, 0.29) is 0 Å². The molecule has 4 aliphatic rings. The van der Waals surface area contributed by atoms with Gasteiger partial charge in [-0.2, -0.15) is 0 Å². The Kier molecular flexibility index (Phi) is 1.94. The van der Waals surface area contributed by atoms with E-state index in [0.29, 0.717) is 0 Å². The minimum absolute atomic E-state index is 0.943. The molecule has 16 heavy (non-hydrogen) atoms. The summed E-state index contributed by atoms with van der Waals surface area (Å²) in [6, 6.07) is 0. The maximum atomic E-state index is 2.56.